The lowest BCUT2D eigenvalue weighted by atomic mass is 10.1. The highest BCUT2D eigenvalue weighted by Gasteiger charge is 2.22. The van der Waals surface area contributed by atoms with Gasteiger partial charge < -0.3 is 19.5 Å². The molecule has 0 saturated heterocycles. The Morgan fingerprint density at radius 1 is 1.10 bits per heavy atom. The summed E-state index contributed by atoms with van der Waals surface area (Å²) < 4.78 is 15.4. The molecule has 10 nitrogen and oxygen atoms in total. The highest BCUT2D eigenvalue weighted by atomic mass is 16.6. The first-order valence-corrected chi connectivity index (χ1v) is 9.28. The van der Waals surface area contributed by atoms with Crippen molar-refractivity contribution in [3.63, 3.8) is 0 Å². The third kappa shape index (κ3) is 6.81. The lowest BCUT2D eigenvalue weighted by molar-refractivity contribution is -0.384. The smallest absolute Gasteiger partial charge is 0.310 e. The second-order valence-electron chi connectivity index (χ2n) is 6.44. The fraction of sp³-hybridized carbons (Fsp3) is 0.286. The summed E-state index contributed by atoms with van der Waals surface area (Å²) >= 11 is 0. The van der Waals surface area contributed by atoms with Gasteiger partial charge in [0.15, 0.2) is 11.9 Å². The first-order valence-electron chi connectivity index (χ1n) is 9.28. The van der Waals surface area contributed by atoms with Crippen molar-refractivity contribution in [1.82, 2.24) is 0 Å². The number of Topliss-reactive ketones (excluding diaryl/α,β-unsaturated/α-hetero) is 1. The number of carbonyl (C=O) groups excluding carboxylic acids is 3. The van der Waals surface area contributed by atoms with Gasteiger partial charge in [-0.3, -0.25) is 24.5 Å². The molecule has 0 spiro atoms. The number of benzene rings is 2. The fourth-order valence-electron chi connectivity index (χ4n) is 2.48. The predicted octanol–water partition coefficient (Wildman–Crippen LogP) is 3.15. The molecule has 2 aromatic rings. The minimum atomic E-state index is -1.18. The Balaban J connectivity index is 1.85. The maximum Gasteiger partial charge on any atom is 0.310 e. The van der Waals surface area contributed by atoms with Crippen molar-refractivity contribution >= 4 is 29.0 Å². The van der Waals surface area contributed by atoms with Crippen molar-refractivity contribution in [3.05, 3.63) is 58.1 Å². The van der Waals surface area contributed by atoms with Crippen molar-refractivity contribution in [1.29, 1.82) is 0 Å². The molecule has 2 aromatic carbocycles. The van der Waals surface area contributed by atoms with Crippen molar-refractivity contribution in [2.45, 2.75) is 26.4 Å². The van der Waals surface area contributed by atoms with Crippen LogP contribution in [0.15, 0.2) is 42.5 Å². The second-order valence-corrected chi connectivity index (χ2v) is 6.44. The summed E-state index contributed by atoms with van der Waals surface area (Å²) in [5.74, 6) is -0.715. The molecule has 1 N–H and O–H groups in total. The number of esters is 1. The Morgan fingerprint density at radius 3 is 2.32 bits per heavy atom. The molecule has 164 valence electrons. The minimum Gasteiger partial charge on any atom is -0.496 e. The quantitative estimate of drug-likeness (QED) is 0.263. The van der Waals surface area contributed by atoms with E-state index in [0.717, 1.165) is 0 Å². The van der Waals surface area contributed by atoms with Gasteiger partial charge in [0.2, 0.25) is 0 Å². The van der Waals surface area contributed by atoms with Crippen molar-refractivity contribution in [2.24, 2.45) is 0 Å². The van der Waals surface area contributed by atoms with Crippen molar-refractivity contribution in [3.8, 4) is 11.5 Å². The molecule has 31 heavy (non-hydrogen) atoms. The van der Waals surface area contributed by atoms with E-state index >= 15 is 0 Å². The van der Waals surface area contributed by atoms with Gasteiger partial charge in [0.25, 0.3) is 11.6 Å². The molecule has 0 aliphatic rings. The van der Waals surface area contributed by atoms with Crippen LogP contribution in [0.1, 0.15) is 30.6 Å². The Hall–Kier alpha value is -3.95. The van der Waals surface area contributed by atoms with E-state index in [1.54, 1.807) is 24.3 Å². The molecule has 0 aromatic heterocycles. The number of nitro groups is 1. The van der Waals surface area contributed by atoms with Gasteiger partial charge in [-0.2, -0.15) is 0 Å². The first kappa shape index (κ1) is 23.3. The molecule has 0 saturated carbocycles. The van der Waals surface area contributed by atoms with E-state index in [1.807, 2.05) is 0 Å². The molecule has 1 atom stereocenters. The summed E-state index contributed by atoms with van der Waals surface area (Å²) in [4.78, 5) is 46.0. The number of rotatable bonds is 10. The molecule has 0 fully saturated rings. The van der Waals surface area contributed by atoms with E-state index in [1.165, 1.54) is 39.2 Å². The number of anilines is 1. The van der Waals surface area contributed by atoms with Crippen molar-refractivity contribution < 1.29 is 33.5 Å². The van der Waals surface area contributed by atoms with Gasteiger partial charge >= 0.3 is 5.97 Å². The maximum atomic E-state index is 12.3. The van der Waals surface area contributed by atoms with E-state index in [-0.39, 0.29) is 35.9 Å². The van der Waals surface area contributed by atoms with Gasteiger partial charge in [0.05, 0.1) is 31.1 Å². The van der Waals surface area contributed by atoms with Crippen LogP contribution < -0.4 is 14.8 Å². The van der Waals surface area contributed by atoms with E-state index in [9.17, 15) is 24.5 Å². The van der Waals surface area contributed by atoms with Crippen LogP contribution in [0.3, 0.4) is 0 Å². The Morgan fingerprint density at radius 2 is 1.74 bits per heavy atom. The monoisotopic (exact) mass is 430 g/mol. The summed E-state index contributed by atoms with van der Waals surface area (Å²) in [6, 6.07) is 10.4. The number of nitrogens with zero attached hydrogens (tertiary/aromatic N) is 1. The van der Waals surface area contributed by atoms with Crippen LogP contribution in [0.4, 0.5) is 11.4 Å². The SMILES string of the molecule is COc1ccc(NC(=O)C(C)OC(=O)CCOc2ccc(C(C)=O)cc2)c([N+](=O)[O-])c1. The van der Waals surface area contributed by atoms with Crippen LogP contribution in [0, 0.1) is 10.1 Å². The number of carbonyl (C=O) groups is 3. The largest absolute Gasteiger partial charge is 0.496 e. The van der Waals surface area contributed by atoms with Crippen LogP contribution >= 0.6 is 0 Å². The zero-order valence-corrected chi connectivity index (χ0v) is 17.2. The van der Waals surface area contributed by atoms with E-state index in [2.05, 4.69) is 5.32 Å². The van der Waals surface area contributed by atoms with Gasteiger partial charge in [0.1, 0.15) is 17.2 Å². The van der Waals surface area contributed by atoms with Gasteiger partial charge in [-0.05, 0) is 50.2 Å². The fourth-order valence-corrected chi connectivity index (χ4v) is 2.48. The standard InChI is InChI=1S/C21H22N2O8/c1-13(24)15-4-6-16(7-5-15)30-11-10-20(25)31-14(2)21(26)22-18-9-8-17(29-3)12-19(18)23(27)28/h4-9,12,14H,10-11H2,1-3H3,(H,22,26). The number of hydrogen-bond donors (Lipinski definition) is 1. The van der Waals surface area contributed by atoms with Gasteiger partial charge in [-0.15, -0.1) is 0 Å². The molecule has 0 aliphatic carbocycles. The summed E-state index contributed by atoms with van der Waals surface area (Å²) in [7, 11) is 1.36. The Labute approximate surface area is 178 Å². The Bertz CT molecular complexity index is 972. The highest BCUT2D eigenvalue weighted by molar-refractivity contribution is 5.97. The van der Waals surface area contributed by atoms with Crippen LogP contribution in [-0.4, -0.2) is 42.4 Å². The van der Waals surface area contributed by atoms with Gasteiger partial charge in [-0.25, -0.2) is 0 Å². The summed E-state index contributed by atoms with van der Waals surface area (Å²) in [6.45, 7) is 2.82. The minimum absolute atomic E-state index is 0.0105. The zero-order chi connectivity index (χ0) is 23.0. The number of nitrogens with one attached hydrogen (secondary N) is 1. The van der Waals surface area contributed by atoms with Gasteiger partial charge in [-0.1, -0.05) is 0 Å². The van der Waals surface area contributed by atoms with E-state index in [4.69, 9.17) is 14.2 Å². The molecule has 1 amide bonds. The lowest BCUT2D eigenvalue weighted by Crippen LogP contribution is -2.30. The van der Waals surface area contributed by atoms with E-state index < -0.39 is 22.9 Å². The third-order valence-corrected chi connectivity index (χ3v) is 4.17. The molecule has 0 aliphatic heterocycles. The van der Waals surface area contributed by atoms with Crippen molar-refractivity contribution in [2.75, 3.05) is 19.0 Å². The number of amides is 1. The molecular weight excluding hydrogens is 408 g/mol. The maximum absolute atomic E-state index is 12.3. The molecule has 1 unspecified atom stereocenters. The number of methoxy groups -OCH3 is 1. The predicted molar refractivity (Wildman–Crippen MR) is 110 cm³/mol. The molecular formula is C21H22N2O8. The molecule has 0 bridgehead atoms. The average molecular weight is 430 g/mol. The number of hydrogen-bond acceptors (Lipinski definition) is 8. The van der Waals surface area contributed by atoms with Crippen LogP contribution in [0.2, 0.25) is 0 Å². The van der Waals surface area contributed by atoms with Gasteiger partial charge in [0, 0.05) is 5.56 Å². The second kappa shape index (κ2) is 10.7. The summed E-state index contributed by atoms with van der Waals surface area (Å²) in [6.07, 6.45) is -1.29. The average Bonchev–Trinajstić information content (AvgIpc) is 2.74. The first-order chi connectivity index (χ1) is 14.7. The van der Waals surface area contributed by atoms with Crippen LogP contribution in [0.5, 0.6) is 11.5 Å². The zero-order valence-electron chi connectivity index (χ0n) is 17.2. The molecule has 2 rings (SSSR count). The highest BCUT2D eigenvalue weighted by Crippen LogP contribution is 2.29. The van der Waals surface area contributed by atoms with Crippen LogP contribution in [-0.2, 0) is 14.3 Å². The van der Waals surface area contributed by atoms with Crippen LogP contribution in [0.25, 0.3) is 0 Å². The Kier molecular flexibility index (Phi) is 8.07. The number of ether oxygens (including phenoxy) is 3. The third-order valence-electron chi connectivity index (χ3n) is 4.17. The number of nitro benzene ring substituents is 1. The lowest BCUT2D eigenvalue weighted by Gasteiger charge is -2.14. The summed E-state index contributed by atoms with van der Waals surface area (Å²) in [5.41, 5.74) is 0.148. The normalized spacial score (nSPS) is 11.2. The molecule has 10 heteroatoms. The number of ketones is 1. The summed E-state index contributed by atoms with van der Waals surface area (Å²) in [5, 5.41) is 13.6. The van der Waals surface area contributed by atoms with E-state index in [0.29, 0.717) is 11.3 Å². The topological polar surface area (TPSA) is 134 Å². The molecule has 0 radical (unpaired) electrons. The molecule has 0 heterocycles.